The molecule has 0 spiro atoms. The highest BCUT2D eigenvalue weighted by molar-refractivity contribution is 5.43. The number of anilines is 2. The second-order valence-electron chi connectivity index (χ2n) is 4.64. The van der Waals surface area contributed by atoms with Gasteiger partial charge in [0.15, 0.2) is 0 Å². The number of hydrogen-bond acceptors (Lipinski definition) is 3. The number of aromatic nitrogens is 1. The zero-order valence-electron chi connectivity index (χ0n) is 9.24. The van der Waals surface area contributed by atoms with E-state index in [1.807, 2.05) is 12.1 Å². The van der Waals surface area contributed by atoms with Gasteiger partial charge >= 0.3 is 0 Å². The van der Waals surface area contributed by atoms with Crippen LogP contribution in [-0.4, -0.2) is 11.5 Å². The lowest BCUT2D eigenvalue weighted by atomic mass is 10.1. The van der Waals surface area contributed by atoms with Crippen LogP contribution in [0, 0.1) is 11.8 Å². The molecule has 0 amide bonds. The fourth-order valence-corrected chi connectivity index (χ4v) is 2.27. The van der Waals surface area contributed by atoms with Crippen LogP contribution < -0.4 is 11.1 Å². The number of nitrogen functional groups attached to an aromatic ring is 1. The Hall–Kier alpha value is -1.25. The van der Waals surface area contributed by atoms with Gasteiger partial charge in [-0.25, -0.2) is 4.98 Å². The van der Waals surface area contributed by atoms with Gasteiger partial charge in [0.25, 0.3) is 0 Å². The van der Waals surface area contributed by atoms with E-state index in [4.69, 9.17) is 5.73 Å². The standard InChI is InChI=1S/C12H19N3/c1-9-2-3-10(6-9)7-14-12-5-4-11(13)8-15-12/h4-5,8-10H,2-3,6-7,13H2,1H3,(H,14,15). The van der Waals surface area contributed by atoms with Crippen LogP contribution in [0.5, 0.6) is 0 Å². The smallest absolute Gasteiger partial charge is 0.126 e. The lowest BCUT2D eigenvalue weighted by Gasteiger charge is -2.11. The number of nitrogens with zero attached hydrogens (tertiary/aromatic N) is 1. The minimum Gasteiger partial charge on any atom is -0.397 e. The lowest BCUT2D eigenvalue weighted by Crippen LogP contribution is -2.12. The van der Waals surface area contributed by atoms with E-state index in [1.165, 1.54) is 19.3 Å². The molecule has 2 unspecified atom stereocenters. The number of nitrogens with one attached hydrogen (secondary N) is 1. The highest BCUT2D eigenvalue weighted by Gasteiger charge is 2.20. The van der Waals surface area contributed by atoms with Crippen LogP contribution in [0.25, 0.3) is 0 Å². The van der Waals surface area contributed by atoms with E-state index < -0.39 is 0 Å². The Bertz CT molecular complexity index is 307. The third-order valence-corrected chi connectivity index (χ3v) is 3.16. The quantitative estimate of drug-likeness (QED) is 0.797. The van der Waals surface area contributed by atoms with Gasteiger partial charge in [-0.15, -0.1) is 0 Å². The molecule has 0 saturated heterocycles. The Morgan fingerprint density at radius 2 is 2.33 bits per heavy atom. The summed E-state index contributed by atoms with van der Waals surface area (Å²) in [6, 6.07) is 3.82. The van der Waals surface area contributed by atoms with Crippen molar-refractivity contribution in [2.24, 2.45) is 11.8 Å². The van der Waals surface area contributed by atoms with Crippen LogP contribution in [0.15, 0.2) is 18.3 Å². The molecule has 2 rings (SSSR count). The highest BCUT2D eigenvalue weighted by atomic mass is 15.0. The number of rotatable bonds is 3. The molecule has 0 aromatic carbocycles. The molecule has 1 saturated carbocycles. The summed E-state index contributed by atoms with van der Waals surface area (Å²) in [6.45, 7) is 3.38. The average molecular weight is 205 g/mol. The van der Waals surface area contributed by atoms with Crippen LogP contribution in [0.4, 0.5) is 11.5 Å². The first-order chi connectivity index (χ1) is 7.24. The molecular weight excluding hydrogens is 186 g/mol. The molecule has 1 fully saturated rings. The van der Waals surface area contributed by atoms with Gasteiger partial charge in [0.1, 0.15) is 5.82 Å². The van der Waals surface area contributed by atoms with Gasteiger partial charge in [0, 0.05) is 6.54 Å². The van der Waals surface area contributed by atoms with Gasteiger partial charge < -0.3 is 11.1 Å². The largest absolute Gasteiger partial charge is 0.397 e. The predicted octanol–water partition coefficient (Wildman–Crippen LogP) is 2.51. The van der Waals surface area contributed by atoms with Crippen LogP contribution in [0.2, 0.25) is 0 Å². The number of hydrogen-bond donors (Lipinski definition) is 2. The Balaban J connectivity index is 1.80. The maximum Gasteiger partial charge on any atom is 0.126 e. The molecule has 0 bridgehead atoms. The molecule has 1 aliphatic rings. The van der Waals surface area contributed by atoms with Crippen molar-refractivity contribution in [1.82, 2.24) is 4.98 Å². The molecule has 3 N–H and O–H groups in total. The predicted molar refractivity (Wildman–Crippen MR) is 63.6 cm³/mol. The lowest BCUT2D eigenvalue weighted by molar-refractivity contribution is 0.536. The Kier molecular flexibility index (Phi) is 3.09. The van der Waals surface area contributed by atoms with E-state index in [2.05, 4.69) is 17.2 Å². The molecule has 1 heterocycles. The van der Waals surface area contributed by atoms with E-state index in [0.29, 0.717) is 0 Å². The fraction of sp³-hybridized carbons (Fsp3) is 0.583. The van der Waals surface area contributed by atoms with Crippen molar-refractivity contribution in [3.8, 4) is 0 Å². The minimum absolute atomic E-state index is 0.718. The van der Waals surface area contributed by atoms with Gasteiger partial charge in [-0.1, -0.05) is 13.3 Å². The molecule has 82 valence electrons. The first-order valence-electron chi connectivity index (χ1n) is 5.69. The van der Waals surface area contributed by atoms with E-state index >= 15 is 0 Å². The topological polar surface area (TPSA) is 50.9 Å². The fourth-order valence-electron chi connectivity index (χ4n) is 2.27. The minimum atomic E-state index is 0.718. The van der Waals surface area contributed by atoms with Crippen molar-refractivity contribution < 1.29 is 0 Å². The van der Waals surface area contributed by atoms with Crippen LogP contribution in [0.3, 0.4) is 0 Å². The van der Waals surface area contributed by atoms with Crippen LogP contribution in [-0.2, 0) is 0 Å². The summed E-state index contributed by atoms with van der Waals surface area (Å²) in [5.41, 5.74) is 6.29. The third-order valence-electron chi connectivity index (χ3n) is 3.16. The third kappa shape index (κ3) is 2.85. The average Bonchev–Trinajstić information content (AvgIpc) is 2.64. The Labute approximate surface area is 91.1 Å². The van der Waals surface area contributed by atoms with Crippen LogP contribution in [0.1, 0.15) is 26.2 Å². The van der Waals surface area contributed by atoms with Gasteiger partial charge in [0.05, 0.1) is 11.9 Å². The first kappa shape index (κ1) is 10.3. The second kappa shape index (κ2) is 4.51. The molecule has 0 radical (unpaired) electrons. The van der Waals surface area contributed by atoms with Gasteiger partial charge in [-0.2, -0.15) is 0 Å². The summed E-state index contributed by atoms with van der Waals surface area (Å²) in [6.07, 6.45) is 5.77. The molecule has 0 aliphatic heterocycles. The molecule has 1 aromatic rings. The molecule has 3 nitrogen and oxygen atoms in total. The van der Waals surface area contributed by atoms with Crippen molar-refractivity contribution in [1.29, 1.82) is 0 Å². The van der Waals surface area contributed by atoms with Crippen molar-refractivity contribution in [2.75, 3.05) is 17.6 Å². The highest BCUT2D eigenvalue weighted by Crippen LogP contribution is 2.30. The summed E-state index contributed by atoms with van der Waals surface area (Å²) in [5.74, 6) is 2.65. The van der Waals surface area contributed by atoms with Crippen molar-refractivity contribution >= 4 is 11.5 Å². The molecule has 3 heteroatoms. The number of nitrogens with two attached hydrogens (primary N) is 1. The normalized spacial score (nSPS) is 25.4. The SMILES string of the molecule is CC1CCC(CNc2ccc(N)cn2)C1. The molecule has 1 aliphatic carbocycles. The van der Waals surface area contributed by atoms with Crippen molar-refractivity contribution in [2.45, 2.75) is 26.2 Å². The first-order valence-corrected chi connectivity index (χ1v) is 5.69. The Morgan fingerprint density at radius 3 is 2.93 bits per heavy atom. The maximum atomic E-state index is 5.57. The van der Waals surface area contributed by atoms with Crippen molar-refractivity contribution in [3.05, 3.63) is 18.3 Å². The zero-order valence-corrected chi connectivity index (χ0v) is 9.24. The number of pyridine rings is 1. The van der Waals surface area contributed by atoms with E-state index in [1.54, 1.807) is 6.20 Å². The summed E-state index contributed by atoms with van der Waals surface area (Å²) in [4.78, 5) is 4.22. The molecule has 1 aromatic heterocycles. The summed E-state index contributed by atoms with van der Waals surface area (Å²) >= 11 is 0. The summed E-state index contributed by atoms with van der Waals surface area (Å²) in [7, 11) is 0. The summed E-state index contributed by atoms with van der Waals surface area (Å²) in [5, 5.41) is 3.37. The summed E-state index contributed by atoms with van der Waals surface area (Å²) < 4.78 is 0. The van der Waals surface area contributed by atoms with Gasteiger partial charge in [-0.3, -0.25) is 0 Å². The second-order valence-corrected chi connectivity index (χ2v) is 4.64. The van der Waals surface area contributed by atoms with E-state index in [0.717, 1.165) is 29.9 Å². The van der Waals surface area contributed by atoms with E-state index in [9.17, 15) is 0 Å². The van der Waals surface area contributed by atoms with Crippen molar-refractivity contribution in [3.63, 3.8) is 0 Å². The molecule has 15 heavy (non-hydrogen) atoms. The Morgan fingerprint density at radius 1 is 1.47 bits per heavy atom. The van der Waals surface area contributed by atoms with Gasteiger partial charge in [-0.05, 0) is 36.8 Å². The molecule has 2 atom stereocenters. The maximum absolute atomic E-state index is 5.57. The van der Waals surface area contributed by atoms with Crippen LogP contribution >= 0.6 is 0 Å². The zero-order chi connectivity index (χ0) is 10.7. The monoisotopic (exact) mass is 205 g/mol. The van der Waals surface area contributed by atoms with E-state index in [-0.39, 0.29) is 0 Å². The van der Waals surface area contributed by atoms with Gasteiger partial charge in [0.2, 0.25) is 0 Å². The molecular formula is C12H19N3.